The quantitative estimate of drug-likeness (QED) is 0.871. The molecule has 98 valence electrons. The first-order valence-electron chi connectivity index (χ1n) is 6.41. The lowest BCUT2D eigenvalue weighted by Crippen LogP contribution is -2.21. The van der Waals surface area contributed by atoms with Gasteiger partial charge in [-0.3, -0.25) is 4.79 Å². The van der Waals surface area contributed by atoms with E-state index in [2.05, 4.69) is 10.1 Å². The van der Waals surface area contributed by atoms with Crippen LogP contribution in [0.1, 0.15) is 43.3 Å². The molecule has 6 heteroatoms. The molecule has 6 nitrogen and oxygen atoms in total. The fourth-order valence-corrected chi connectivity index (χ4v) is 2.41. The van der Waals surface area contributed by atoms with Crippen molar-refractivity contribution < 1.29 is 19.2 Å². The van der Waals surface area contributed by atoms with Crippen LogP contribution in [0.15, 0.2) is 4.52 Å². The standard InChI is InChI=1S/C12H16N2O4/c15-12(16)9-6-8(9)11-13-10(14-18-11)5-7-3-1-2-4-17-7/h7-9H,1-6H2,(H,15,16). The van der Waals surface area contributed by atoms with Crippen LogP contribution >= 0.6 is 0 Å². The fourth-order valence-electron chi connectivity index (χ4n) is 2.41. The van der Waals surface area contributed by atoms with Crippen molar-refractivity contribution >= 4 is 5.97 Å². The van der Waals surface area contributed by atoms with E-state index in [4.69, 9.17) is 14.4 Å². The number of ether oxygens (including phenoxy) is 1. The zero-order valence-corrected chi connectivity index (χ0v) is 10.0. The third kappa shape index (κ3) is 2.38. The molecule has 1 aromatic heterocycles. The normalized spacial score (nSPS) is 31.2. The van der Waals surface area contributed by atoms with Crippen LogP contribution in [0.2, 0.25) is 0 Å². The molecule has 2 aliphatic rings. The fraction of sp³-hybridized carbons (Fsp3) is 0.750. The molecule has 1 aliphatic carbocycles. The van der Waals surface area contributed by atoms with E-state index in [1.807, 2.05) is 0 Å². The molecule has 1 saturated carbocycles. The highest BCUT2D eigenvalue weighted by atomic mass is 16.5. The number of aromatic nitrogens is 2. The van der Waals surface area contributed by atoms with Crippen molar-refractivity contribution in [2.45, 2.75) is 44.1 Å². The molecule has 0 amide bonds. The molecule has 18 heavy (non-hydrogen) atoms. The van der Waals surface area contributed by atoms with E-state index in [0.717, 1.165) is 19.4 Å². The van der Waals surface area contributed by atoms with Gasteiger partial charge in [0, 0.05) is 13.0 Å². The topological polar surface area (TPSA) is 85.5 Å². The number of carboxylic acid groups (broad SMARTS) is 1. The van der Waals surface area contributed by atoms with E-state index in [1.54, 1.807) is 0 Å². The molecule has 2 heterocycles. The maximum atomic E-state index is 10.8. The van der Waals surface area contributed by atoms with Gasteiger partial charge in [0.1, 0.15) is 0 Å². The second-order valence-electron chi connectivity index (χ2n) is 5.03. The van der Waals surface area contributed by atoms with Crippen molar-refractivity contribution in [3.63, 3.8) is 0 Å². The summed E-state index contributed by atoms with van der Waals surface area (Å²) in [7, 11) is 0. The van der Waals surface area contributed by atoms with Gasteiger partial charge in [-0.2, -0.15) is 4.98 Å². The number of carbonyl (C=O) groups is 1. The Morgan fingerprint density at radius 1 is 1.44 bits per heavy atom. The van der Waals surface area contributed by atoms with E-state index in [9.17, 15) is 4.79 Å². The number of hydrogen-bond acceptors (Lipinski definition) is 5. The Kier molecular flexibility index (Phi) is 3.03. The highest BCUT2D eigenvalue weighted by Gasteiger charge is 2.48. The minimum Gasteiger partial charge on any atom is -0.481 e. The molecule has 0 bridgehead atoms. The van der Waals surface area contributed by atoms with E-state index < -0.39 is 5.97 Å². The van der Waals surface area contributed by atoms with Crippen LogP contribution in [-0.2, 0) is 16.0 Å². The molecule has 3 atom stereocenters. The van der Waals surface area contributed by atoms with Gasteiger partial charge in [-0.15, -0.1) is 0 Å². The van der Waals surface area contributed by atoms with Crippen LogP contribution < -0.4 is 0 Å². The Hall–Kier alpha value is -1.43. The van der Waals surface area contributed by atoms with Crippen LogP contribution in [0.3, 0.4) is 0 Å². The Balaban J connectivity index is 1.58. The number of aliphatic carboxylic acids is 1. The van der Waals surface area contributed by atoms with Crippen LogP contribution in [0.5, 0.6) is 0 Å². The lowest BCUT2D eigenvalue weighted by atomic mass is 10.1. The number of hydrogen-bond donors (Lipinski definition) is 1. The van der Waals surface area contributed by atoms with E-state index in [-0.39, 0.29) is 17.9 Å². The summed E-state index contributed by atoms with van der Waals surface area (Å²) in [5.74, 6) is -0.114. The van der Waals surface area contributed by atoms with Crippen molar-refractivity contribution in [3.8, 4) is 0 Å². The van der Waals surface area contributed by atoms with Gasteiger partial charge in [0.25, 0.3) is 0 Å². The largest absolute Gasteiger partial charge is 0.481 e. The van der Waals surface area contributed by atoms with Crippen molar-refractivity contribution in [2.24, 2.45) is 5.92 Å². The molecule has 1 saturated heterocycles. The zero-order chi connectivity index (χ0) is 12.5. The lowest BCUT2D eigenvalue weighted by molar-refractivity contribution is -0.138. The molecule has 3 unspecified atom stereocenters. The van der Waals surface area contributed by atoms with Gasteiger partial charge in [0.15, 0.2) is 5.82 Å². The van der Waals surface area contributed by atoms with Crippen LogP contribution in [0, 0.1) is 5.92 Å². The molecule has 1 N–H and O–H groups in total. The van der Waals surface area contributed by atoms with Crippen molar-refractivity contribution in [2.75, 3.05) is 6.61 Å². The molecule has 0 radical (unpaired) electrons. The van der Waals surface area contributed by atoms with Gasteiger partial charge in [-0.1, -0.05) is 5.16 Å². The highest BCUT2D eigenvalue weighted by molar-refractivity contribution is 5.74. The van der Waals surface area contributed by atoms with E-state index in [1.165, 1.54) is 6.42 Å². The van der Waals surface area contributed by atoms with Gasteiger partial charge >= 0.3 is 5.97 Å². The minimum absolute atomic E-state index is 0.0870. The first-order chi connectivity index (χ1) is 8.74. The van der Waals surface area contributed by atoms with Crippen molar-refractivity contribution in [1.29, 1.82) is 0 Å². The van der Waals surface area contributed by atoms with Gasteiger partial charge in [-0.05, 0) is 25.7 Å². The summed E-state index contributed by atoms with van der Waals surface area (Å²) in [6.45, 7) is 0.805. The minimum atomic E-state index is -0.782. The molecular formula is C12H16N2O4. The second kappa shape index (κ2) is 4.68. The predicted octanol–water partition coefficient (Wildman–Crippen LogP) is 1.37. The summed E-state index contributed by atoms with van der Waals surface area (Å²) >= 11 is 0. The molecular weight excluding hydrogens is 236 g/mol. The lowest BCUT2D eigenvalue weighted by Gasteiger charge is -2.20. The SMILES string of the molecule is O=C(O)C1CC1c1nc(CC2CCCCO2)no1. The average molecular weight is 252 g/mol. The monoisotopic (exact) mass is 252 g/mol. The molecule has 2 fully saturated rings. The first kappa shape index (κ1) is 11.6. The van der Waals surface area contributed by atoms with Gasteiger partial charge in [0.05, 0.1) is 17.9 Å². The number of carboxylic acids is 1. The summed E-state index contributed by atoms with van der Waals surface area (Å²) < 4.78 is 10.7. The Bertz CT molecular complexity index is 439. The van der Waals surface area contributed by atoms with Crippen molar-refractivity contribution in [1.82, 2.24) is 10.1 Å². The number of nitrogens with zero attached hydrogens (tertiary/aromatic N) is 2. The van der Waals surface area contributed by atoms with E-state index in [0.29, 0.717) is 24.6 Å². The average Bonchev–Trinajstić information content (AvgIpc) is 3.05. The van der Waals surface area contributed by atoms with Gasteiger partial charge in [-0.25, -0.2) is 0 Å². The Labute approximate surface area is 104 Å². The predicted molar refractivity (Wildman–Crippen MR) is 60.1 cm³/mol. The van der Waals surface area contributed by atoms with Gasteiger partial charge in [0.2, 0.25) is 5.89 Å². The van der Waals surface area contributed by atoms with Gasteiger partial charge < -0.3 is 14.4 Å². The summed E-state index contributed by atoms with van der Waals surface area (Å²) in [5, 5.41) is 12.7. The van der Waals surface area contributed by atoms with Crippen molar-refractivity contribution in [3.05, 3.63) is 11.7 Å². The highest BCUT2D eigenvalue weighted by Crippen LogP contribution is 2.46. The maximum absolute atomic E-state index is 10.8. The maximum Gasteiger partial charge on any atom is 0.307 e. The summed E-state index contributed by atoms with van der Waals surface area (Å²) in [5.41, 5.74) is 0. The third-order valence-corrected chi connectivity index (χ3v) is 3.59. The summed E-state index contributed by atoms with van der Waals surface area (Å²) in [6.07, 6.45) is 4.78. The van der Waals surface area contributed by atoms with Crippen LogP contribution in [0.25, 0.3) is 0 Å². The molecule has 0 aromatic carbocycles. The second-order valence-corrected chi connectivity index (χ2v) is 5.03. The Morgan fingerprint density at radius 3 is 3.00 bits per heavy atom. The third-order valence-electron chi connectivity index (χ3n) is 3.59. The zero-order valence-electron chi connectivity index (χ0n) is 10.0. The van der Waals surface area contributed by atoms with E-state index >= 15 is 0 Å². The number of rotatable bonds is 4. The smallest absolute Gasteiger partial charge is 0.307 e. The summed E-state index contributed by atoms with van der Waals surface area (Å²) in [4.78, 5) is 15.0. The molecule has 1 aliphatic heterocycles. The van der Waals surface area contributed by atoms with Crippen LogP contribution in [-0.4, -0.2) is 33.9 Å². The first-order valence-corrected chi connectivity index (χ1v) is 6.41. The molecule has 0 spiro atoms. The molecule has 3 rings (SSSR count). The Morgan fingerprint density at radius 2 is 2.33 bits per heavy atom. The molecule has 1 aromatic rings. The summed E-state index contributed by atoms with van der Waals surface area (Å²) in [6, 6.07) is 0. The van der Waals surface area contributed by atoms with Crippen LogP contribution in [0.4, 0.5) is 0 Å².